The van der Waals surface area contributed by atoms with Crippen molar-refractivity contribution in [3.05, 3.63) is 93.1 Å². The van der Waals surface area contributed by atoms with E-state index in [9.17, 15) is 14.0 Å². The summed E-state index contributed by atoms with van der Waals surface area (Å²) in [5.74, 6) is -0.645. The number of anilines is 2. The first-order valence-electron chi connectivity index (χ1n) is 9.81. The number of carbonyl (C=O) groups excluding carboxylic acids is 2. The minimum absolute atomic E-state index is 0.241. The summed E-state index contributed by atoms with van der Waals surface area (Å²) in [5.41, 5.74) is 1.62. The number of carbonyl (C=O) groups is 2. The van der Waals surface area contributed by atoms with E-state index in [1.807, 2.05) is 0 Å². The second-order valence-electron chi connectivity index (χ2n) is 7.03. The van der Waals surface area contributed by atoms with Gasteiger partial charge in [0.1, 0.15) is 11.6 Å². The van der Waals surface area contributed by atoms with Crippen molar-refractivity contribution < 1.29 is 18.7 Å². The maximum atomic E-state index is 13.2. The SMILES string of the molecule is O=C(COc1cccc(/C=C2\SC(=S)N(c3ccc(F)cc3)C2=O)c1)Nc1ccc(Cl)cc1Cl. The van der Waals surface area contributed by atoms with Crippen LogP contribution in [0, 0.1) is 5.82 Å². The minimum Gasteiger partial charge on any atom is -0.484 e. The van der Waals surface area contributed by atoms with Gasteiger partial charge >= 0.3 is 0 Å². The molecule has 0 unspecified atom stereocenters. The van der Waals surface area contributed by atoms with Crippen molar-refractivity contribution >= 4 is 80.8 Å². The van der Waals surface area contributed by atoms with Crippen LogP contribution in [-0.4, -0.2) is 22.7 Å². The predicted octanol–water partition coefficient (Wildman–Crippen LogP) is 6.56. The molecule has 0 aromatic heterocycles. The topological polar surface area (TPSA) is 58.6 Å². The number of halogens is 3. The standard InChI is InChI=1S/C24H15Cl2FN2O3S2/c25-15-4-9-20(19(26)12-15)28-22(30)13-32-18-3-1-2-14(10-18)11-21-23(31)29(24(33)34-21)17-7-5-16(27)6-8-17/h1-12H,13H2,(H,28,30)/b21-11-. The predicted molar refractivity (Wildman–Crippen MR) is 139 cm³/mol. The molecule has 4 rings (SSSR count). The van der Waals surface area contributed by atoms with Crippen molar-refractivity contribution in [1.82, 2.24) is 0 Å². The van der Waals surface area contributed by atoms with E-state index in [2.05, 4.69) is 5.32 Å². The van der Waals surface area contributed by atoms with E-state index < -0.39 is 11.7 Å². The van der Waals surface area contributed by atoms with Crippen LogP contribution < -0.4 is 15.0 Å². The van der Waals surface area contributed by atoms with Gasteiger partial charge in [-0.25, -0.2) is 4.39 Å². The molecule has 1 N–H and O–H groups in total. The highest BCUT2D eigenvalue weighted by Crippen LogP contribution is 2.36. The highest BCUT2D eigenvalue weighted by atomic mass is 35.5. The molecular weight excluding hydrogens is 518 g/mol. The molecule has 0 saturated carbocycles. The zero-order valence-electron chi connectivity index (χ0n) is 17.3. The second kappa shape index (κ2) is 10.6. The van der Waals surface area contributed by atoms with Crippen LogP contribution in [0.5, 0.6) is 5.75 Å². The zero-order valence-corrected chi connectivity index (χ0v) is 20.4. The average molecular weight is 533 g/mol. The molecule has 0 spiro atoms. The zero-order chi connectivity index (χ0) is 24.2. The van der Waals surface area contributed by atoms with Gasteiger partial charge < -0.3 is 10.1 Å². The molecule has 5 nitrogen and oxygen atoms in total. The Morgan fingerprint density at radius 2 is 1.88 bits per heavy atom. The van der Waals surface area contributed by atoms with E-state index in [4.69, 9.17) is 40.2 Å². The summed E-state index contributed by atoms with van der Waals surface area (Å²) in [6.45, 7) is -0.241. The number of benzene rings is 3. The fourth-order valence-corrected chi connectivity index (χ4v) is 4.81. The van der Waals surface area contributed by atoms with Gasteiger partial charge in [0.25, 0.3) is 11.8 Å². The molecule has 0 atom stereocenters. The van der Waals surface area contributed by atoms with Gasteiger partial charge in [-0.15, -0.1) is 0 Å². The molecular formula is C24H15Cl2FN2O3S2. The second-order valence-corrected chi connectivity index (χ2v) is 9.55. The van der Waals surface area contributed by atoms with Gasteiger partial charge in [-0.1, -0.05) is 59.3 Å². The van der Waals surface area contributed by atoms with E-state index in [1.165, 1.54) is 35.2 Å². The number of amides is 2. The Morgan fingerprint density at radius 3 is 2.62 bits per heavy atom. The van der Waals surface area contributed by atoms with Crippen molar-refractivity contribution in [3.63, 3.8) is 0 Å². The number of nitrogens with one attached hydrogen (secondary N) is 1. The van der Waals surface area contributed by atoms with E-state index >= 15 is 0 Å². The molecule has 3 aromatic carbocycles. The smallest absolute Gasteiger partial charge is 0.270 e. The largest absolute Gasteiger partial charge is 0.484 e. The molecule has 0 radical (unpaired) electrons. The quantitative estimate of drug-likeness (QED) is 0.288. The first-order chi connectivity index (χ1) is 16.3. The summed E-state index contributed by atoms with van der Waals surface area (Å²) >= 11 is 18.4. The van der Waals surface area contributed by atoms with Gasteiger partial charge in [0.05, 0.1) is 21.3 Å². The van der Waals surface area contributed by atoms with E-state index in [0.717, 1.165) is 11.8 Å². The lowest BCUT2D eigenvalue weighted by molar-refractivity contribution is -0.118. The summed E-state index contributed by atoms with van der Waals surface area (Å²) in [4.78, 5) is 26.9. The Hall–Kier alpha value is -2.91. The van der Waals surface area contributed by atoms with Crippen LogP contribution in [0.1, 0.15) is 5.56 Å². The molecule has 3 aromatic rings. The highest BCUT2D eigenvalue weighted by Gasteiger charge is 2.33. The molecule has 0 bridgehead atoms. The highest BCUT2D eigenvalue weighted by molar-refractivity contribution is 8.27. The Bertz CT molecular complexity index is 1320. The maximum absolute atomic E-state index is 13.2. The van der Waals surface area contributed by atoms with Gasteiger partial charge in [0, 0.05) is 5.02 Å². The van der Waals surface area contributed by atoms with Crippen LogP contribution in [0.25, 0.3) is 6.08 Å². The summed E-state index contributed by atoms with van der Waals surface area (Å²) in [5, 5.41) is 3.44. The lowest BCUT2D eigenvalue weighted by Gasteiger charge is -2.14. The number of thioether (sulfide) groups is 1. The molecule has 10 heteroatoms. The van der Waals surface area contributed by atoms with Crippen molar-refractivity contribution in [2.24, 2.45) is 0 Å². The number of ether oxygens (including phenoxy) is 1. The lowest BCUT2D eigenvalue weighted by atomic mass is 10.2. The van der Waals surface area contributed by atoms with Crippen molar-refractivity contribution in [2.75, 3.05) is 16.8 Å². The molecule has 1 aliphatic heterocycles. The third-order valence-corrected chi connectivity index (χ3v) is 6.46. The van der Waals surface area contributed by atoms with Gasteiger partial charge in [-0.2, -0.15) is 0 Å². The molecule has 2 amide bonds. The number of nitrogens with zero attached hydrogens (tertiary/aromatic N) is 1. The normalized spacial score (nSPS) is 14.6. The van der Waals surface area contributed by atoms with Gasteiger partial charge in [0.2, 0.25) is 0 Å². The van der Waals surface area contributed by atoms with Gasteiger partial charge in [0.15, 0.2) is 10.9 Å². The van der Waals surface area contributed by atoms with Crippen LogP contribution >= 0.6 is 47.2 Å². The molecule has 1 fully saturated rings. The molecule has 0 aliphatic carbocycles. The van der Waals surface area contributed by atoms with Crippen molar-refractivity contribution in [2.45, 2.75) is 0 Å². The van der Waals surface area contributed by atoms with E-state index in [-0.39, 0.29) is 12.5 Å². The lowest BCUT2D eigenvalue weighted by Crippen LogP contribution is -2.27. The van der Waals surface area contributed by atoms with Crippen LogP contribution in [0.15, 0.2) is 71.6 Å². The third-order valence-electron chi connectivity index (χ3n) is 4.61. The first-order valence-corrected chi connectivity index (χ1v) is 11.8. The molecule has 172 valence electrons. The number of hydrogen-bond acceptors (Lipinski definition) is 5. The van der Waals surface area contributed by atoms with Crippen LogP contribution in [0.2, 0.25) is 10.0 Å². The van der Waals surface area contributed by atoms with Crippen molar-refractivity contribution in [1.29, 1.82) is 0 Å². The average Bonchev–Trinajstić information content (AvgIpc) is 3.08. The molecule has 1 heterocycles. The minimum atomic E-state index is -0.397. The summed E-state index contributed by atoms with van der Waals surface area (Å²) < 4.78 is 19.2. The number of hydrogen-bond donors (Lipinski definition) is 1. The fraction of sp³-hybridized carbons (Fsp3) is 0.0417. The Morgan fingerprint density at radius 1 is 1.12 bits per heavy atom. The fourth-order valence-electron chi connectivity index (χ4n) is 3.05. The molecule has 1 saturated heterocycles. The number of rotatable bonds is 6. The first kappa shape index (κ1) is 24.2. The summed E-state index contributed by atoms with van der Waals surface area (Å²) in [6, 6.07) is 17.2. The van der Waals surface area contributed by atoms with Gasteiger partial charge in [-0.05, 0) is 66.2 Å². The van der Waals surface area contributed by atoms with E-state index in [1.54, 1.807) is 42.5 Å². The van der Waals surface area contributed by atoms with Crippen LogP contribution in [0.4, 0.5) is 15.8 Å². The summed E-state index contributed by atoms with van der Waals surface area (Å²) in [7, 11) is 0. The molecule has 34 heavy (non-hydrogen) atoms. The van der Waals surface area contributed by atoms with Crippen LogP contribution in [-0.2, 0) is 9.59 Å². The Labute approximate surface area is 214 Å². The summed E-state index contributed by atoms with van der Waals surface area (Å²) in [6.07, 6.45) is 1.68. The maximum Gasteiger partial charge on any atom is 0.270 e. The monoisotopic (exact) mass is 532 g/mol. The molecule has 1 aliphatic rings. The van der Waals surface area contributed by atoms with Crippen LogP contribution in [0.3, 0.4) is 0 Å². The Balaban J connectivity index is 1.42. The van der Waals surface area contributed by atoms with Crippen molar-refractivity contribution in [3.8, 4) is 5.75 Å². The number of thiocarbonyl (C=S) groups is 1. The van der Waals surface area contributed by atoms with Gasteiger partial charge in [-0.3, -0.25) is 14.5 Å². The third kappa shape index (κ3) is 5.77. The van der Waals surface area contributed by atoms with E-state index in [0.29, 0.717) is 42.0 Å². The Kier molecular flexibility index (Phi) is 7.53.